The summed E-state index contributed by atoms with van der Waals surface area (Å²) in [5.74, 6) is 1.63. The highest BCUT2D eigenvalue weighted by Gasteiger charge is 2.26. The van der Waals surface area contributed by atoms with E-state index in [1.807, 2.05) is 54.2 Å². The highest BCUT2D eigenvalue weighted by atomic mass is 16.2. The summed E-state index contributed by atoms with van der Waals surface area (Å²) in [6.45, 7) is 4.08. The second-order valence-electron chi connectivity index (χ2n) is 6.81. The van der Waals surface area contributed by atoms with Crippen LogP contribution in [0.2, 0.25) is 0 Å². The van der Waals surface area contributed by atoms with Crippen molar-refractivity contribution in [3.63, 3.8) is 0 Å². The van der Waals surface area contributed by atoms with Gasteiger partial charge in [0.05, 0.1) is 12.2 Å². The van der Waals surface area contributed by atoms with Crippen LogP contribution in [0.5, 0.6) is 0 Å². The van der Waals surface area contributed by atoms with Gasteiger partial charge in [0.15, 0.2) is 5.82 Å². The molecule has 1 aromatic heterocycles. The fourth-order valence-electron chi connectivity index (χ4n) is 3.14. The Hall–Kier alpha value is -2.63. The van der Waals surface area contributed by atoms with Gasteiger partial charge in [-0.3, -0.25) is 0 Å². The Morgan fingerprint density at radius 3 is 2.69 bits per heavy atom. The Morgan fingerprint density at radius 1 is 1.23 bits per heavy atom. The Bertz CT molecular complexity index is 760. The quantitative estimate of drug-likeness (QED) is 0.839. The summed E-state index contributed by atoms with van der Waals surface area (Å²) in [7, 11) is 3.97. The minimum Gasteiger partial charge on any atom is -0.362 e. The smallest absolute Gasteiger partial charge is 0.317 e. The maximum absolute atomic E-state index is 12.4. The average Bonchev–Trinajstić information content (AvgIpc) is 2.67. The molecule has 26 heavy (non-hydrogen) atoms. The van der Waals surface area contributed by atoms with Crippen LogP contribution in [-0.4, -0.2) is 48.1 Å². The zero-order chi connectivity index (χ0) is 18.5. The van der Waals surface area contributed by atoms with Crippen molar-refractivity contribution in [2.75, 3.05) is 32.1 Å². The molecule has 0 spiro atoms. The number of rotatable bonds is 5. The lowest BCUT2D eigenvalue weighted by Crippen LogP contribution is -2.43. The molecule has 0 radical (unpaired) electrons. The summed E-state index contributed by atoms with van der Waals surface area (Å²) in [5, 5.41) is 3.00. The third-order valence-corrected chi connectivity index (χ3v) is 4.59. The molecular weight excluding hydrogens is 326 g/mol. The molecule has 0 saturated heterocycles. The highest BCUT2D eigenvalue weighted by Crippen LogP contribution is 2.28. The van der Waals surface area contributed by atoms with E-state index >= 15 is 0 Å². The van der Waals surface area contributed by atoms with Crippen molar-refractivity contribution in [1.29, 1.82) is 0 Å². The molecular formula is C20H27N5O. The number of hydrogen-bond acceptors (Lipinski definition) is 4. The van der Waals surface area contributed by atoms with Crippen LogP contribution in [-0.2, 0) is 13.0 Å². The van der Waals surface area contributed by atoms with E-state index in [1.165, 1.54) is 0 Å². The fraction of sp³-hybridized carbons (Fsp3) is 0.450. The number of urea groups is 1. The standard InChI is InChI=1S/C20H27N5O/c1-4-5-12-21-20(26)25-13-11-17-16(14-25)19(24(2)3)23-18(22-17)15-9-7-6-8-10-15/h6-10H,4-5,11-14H2,1-3H3,(H,21,26). The molecule has 3 rings (SSSR count). The Morgan fingerprint density at radius 2 is 2.00 bits per heavy atom. The van der Waals surface area contributed by atoms with Gasteiger partial charge in [0, 0.05) is 44.7 Å². The van der Waals surface area contributed by atoms with Gasteiger partial charge in [0.2, 0.25) is 0 Å². The van der Waals surface area contributed by atoms with Gasteiger partial charge in [-0.1, -0.05) is 43.7 Å². The Labute approximate surface area is 155 Å². The number of anilines is 1. The Kier molecular flexibility index (Phi) is 5.71. The predicted octanol–water partition coefficient (Wildman–Crippen LogP) is 3.08. The number of nitrogens with one attached hydrogen (secondary N) is 1. The molecule has 0 saturated carbocycles. The second kappa shape index (κ2) is 8.17. The number of carbonyl (C=O) groups is 1. The maximum Gasteiger partial charge on any atom is 0.317 e. The summed E-state index contributed by atoms with van der Waals surface area (Å²) in [4.78, 5) is 25.9. The molecule has 0 bridgehead atoms. The third-order valence-electron chi connectivity index (χ3n) is 4.59. The number of fused-ring (bicyclic) bond motifs is 1. The first-order valence-corrected chi connectivity index (χ1v) is 9.25. The summed E-state index contributed by atoms with van der Waals surface area (Å²) >= 11 is 0. The van der Waals surface area contributed by atoms with E-state index in [-0.39, 0.29) is 6.03 Å². The molecule has 2 heterocycles. The molecule has 0 aliphatic carbocycles. The van der Waals surface area contributed by atoms with E-state index in [4.69, 9.17) is 9.97 Å². The number of nitrogens with zero attached hydrogens (tertiary/aromatic N) is 4. The van der Waals surface area contributed by atoms with Gasteiger partial charge in [-0.15, -0.1) is 0 Å². The van der Waals surface area contributed by atoms with E-state index in [0.29, 0.717) is 13.1 Å². The first-order chi connectivity index (χ1) is 12.6. The lowest BCUT2D eigenvalue weighted by atomic mass is 10.1. The normalized spacial score (nSPS) is 13.3. The van der Waals surface area contributed by atoms with Gasteiger partial charge < -0.3 is 15.1 Å². The van der Waals surface area contributed by atoms with Crippen molar-refractivity contribution in [2.45, 2.75) is 32.7 Å². The maximum atomic E-state index is 12.4. The fourth-order valence-corrected chi connectivity index (χ4v) is 3.14. The van der Waals surface area contributed by atoms with Crippen LogP contribution in [0.4, 0.5) is 10.6 Å². The minimum atomic E-state index is 0.000872. The first kappa shape index (κ1) is 18.2. The van der Waals surface area contributed by atoms with E-state index in [1.54, 1.807) is 0 Å². The zero-order valence-electron chi connectivity index (χ0n) is 15.8. The van der Waals surface area contributed by atoms with Gasteiger partial charge in [-0.05, 0) is 6.42 Å². The number of amides is 2. The van der Waals surface area contributed by atoms with Crippen molar-refractivity contribution in [3.8, 4) is 11.4 Å². The van der Waals surface area contributed by atoms with E-state index < -0.39 is 0 Å². The van der Waals surface area contributed by atoms with Crippen LogP contribution in [0.15, 0.2) is 30.3 Å². The zero-order valence-corrected chi connectivity index (χ0v) is 15.8. The SMILES string of the molecule is CCCCNC(=O)N1CCc2nc(-c3ccccc3)nc(N(C)C)c2C1. The third kappa shape index (κ3) is 3.95. The molecule has 1 aliphatic rings. The van der Waals surface area contributed by atoms with E-state index in [0.717, 1.165) is 54.3 Å². The average molecular weight is 353 g/mol. The minimum absolute atomic E-state index is 0.000872. The van der Waals surface area contributed by atoms with Crippen molar-refractivity contribution < 1.29 is 4.79 Å². The number of aromatic nitrogens is 2. The van der Waals surface area contributed by atoms with Crippen LogP contribution in [0.3, 0.4) is 0 Å². The first-order valence-electron chi connectivity index (χ1n) is 9.25. The van der Waals surface area contributed by atoms with Crippen LogP contribution < -0.4 is 10.2 Å². The van der Waals surface area contributed by atoms with E-state index in [9.17, 15) is 4.79 Å². The van der Waals surface area contributed by atoms with Crippen molar-refractivity contribution >= 4 is 11.8 Å². The second-order valence-corrected chi connectivity index (χ2v) is 6.81. The molecule has 1 aromatic carbocycles. The van der Waals surface area contributed by atoms with Crippen LogP contribution in [0.1, 0.15) is 31.0 Å². The molecule has 2 amide bonds. The molecule has 1 N–H and O–H groups in total. The van der Waals surface area contributed by atoms with Crippen LogP contribution >= 0.6 is 0 Å². The number of carbonyl (C=O) groups excluding carboxylic acids is 1. The van der Waals surface area contributed by atoms with E-state index in [2.05, 4.69) is 12.2 Å². The monoisotopic (exact) mass is 353 g/mol. The van der Waals surface area contributed by atoms with Crippen LogP contribution in [0, 0.1) is 0 Å². The lowest BCUT2D eigenvalue weighted by Gasteiger charge is -2.31. The Balaban J connectivity index is 1.87. The molecule has 6 heteroatoms. The molecule has 2 aromatic rings. The van der Waals surface area contributed by atoms with Crippen molar-refractivity contribution in [3.05, 3.63) is 41.6 Å². The molecule has 6 nitrogen and oxygen atoms in total. The van der Waals surface area contributed by atoms with Crippen molar-refractivity contribution in [2.24, 2.45) is 0 Å². The molecule has 0 unspecified atom stereocenters. The van der Waals surface area contributed by atoms with Gasteiger partial charge in [0.1, 0.15) is 5.82 Å². The number of hydrogen-bond donors (Lipinski definition) is 1. The number of benzene rings is 1. The summed E-state index contributed by atoms with van der Waals surface area (Å²) in [6, 6.07) is 10.0. The molecule has 0 fully saturated rings. The topological polar surface area (TPSA) is 61.4 Å². The summed E-state index contributed by atoms with van der Waals surface area (Å²) < 4.78 is 0. The summed E-state index contributed by atoms with van der Waals surface area (Å²) in [6.07, 6.45) is 2.83. The van der Waals surface area contributed by atoms with Gasteiger partial charge in [-0.25, -0.2) is 14.8 Å². The predicted molar refractivity (Wildman–Crippen MR) is 104 cm³/mol. The van der Waals surface area contributed by atoms with Gasteiger partial charge in [0.25, 0.3) is 0 Å². The summed E-state index contributed by atoms with van der Waals surface area (Å²) in [5.41, 5.74) is 3.10. The molecule has 138 valence electrons. The van der Waals surface area contributed by atoms with Gasteiger partial charge in [-0.2, -0.15) is 0 Å². The van der Waals surface area contributed by atoms with Gasteiger partial charge >= 0.3 is 6.03 Å². The van der Waals surface area contributed by atoms with Crippen molar-refractivity contribution in [1.82, 2.24) is 20.2 Å². The lowest BCUT2D eigenvalue weighted by molar-refractivity contribution is 0.192. The van der Waals surface area contributed by atoms with Crippen LogP contribution in [0.25, 0.3) is 11.4 Å². The number of unbranched alkanes of at least 4 members (excludes halogenated alkanes) is 1. The molecule has 1 aliphatic heterocycles. The highest BCUT2D eigenvalue weighted by molar-refractivity contribution is 5.75. The molecule has 0 atom stereocenters. The largest absolute Gasteiger partial charge is 0.362 e.